The summed E-state index contributed by atoms with van der Waals surface area (Å²) < 4.78 is 5.60. The minimum absolute atomic E-state index is 0.135. The summed E-state index contributed by atoms with van der Waals surface area (Å²) in [6.07, 6.45) is 5.26. The fourth-order valence-electron chi connectivity index (χ4n) is 4.49. The van der Waals surface area contributed by atoms with Gasteiger partial charge in [0.1, 0.15) is 0 Å². The molecule has 2 aliphatic heterocycles. The number of nitrogens with one attached hydrogen (secondary N) is 1. The molecule has 2 fully saturated rings. The monoisotopic (exact) mass is 358 g/mol. The first kappa shape index (κ1) is 19.4. The lowest BCUT2D eigenvalue weighted by Gasteiger charge is -2.35. The molecule has 4 nitrogen and oxygen atoms in total. The molecule has 1 amide bonds. The molecule has 2 saturated heterocycles. The maximum atomic E-state index is 12.2. The Labute approximate surface area is 158 Å². The van der Waals surface area contributed by atoms with Gasteiger partial charge in [0, 0.05) is 39.2 Å². The van der Waals surface area contributed by atoms with Crippen LogP contribution in [0.25, 0.3) is 0 Å². The van der Waals surface area contributed by atoms with Crippen molar-refractivity contribution >= 4 is 5.91 Å². The van der Waals surface area contributed by atoms with Crippen LogP contribution in [0.4, 0.5) is 0 Å². The number of ether oxygens (including phenoxy) is 1. The van der Waals surface area contributed by atoms with E-state index in [0.717, 1.165) is 44.2 Å². The van der Waals surface area contributed by atoms with Gasteiger partial charge in [0.15, 0.2) is 0 Å². The first-order valence-corrected chi connectivity index (χ1v) is 10.3. The van der Waals surface area contributed by atoms with Crippen molar-refractivity contribution in [3.8, 4) is 0 Å². The summed E-state index contributed by atoms with van der Waals surface area (Å²) in [4.78, 5) is 14.7. The molecule has 144 valence electrons. The molecule has 0 unspecified atom stereocenters. The van der Waals surface area contributed by atoms with Gasteiger partial charge in [0.05, 0.1) is 6.10 Å². The fourth-order valence-corrected chi connectivity index (χ4v) is 4.49. The van der Waals surface area contributed by atoms with Crippen molar-refractivity contribution in [1.29, 1.82) is 0 Å². The van der Waals surface area contributed by atoms with Crippen molar-refractivity contribution in [2.24, 2.45) is 11.8 Å². The average Bonchev–Trinajstić information content (AvgIpc) is 3.12. The van der Waals surface area contributed by atoms with Crippen LogP contribution in [0.15, 0.2) is 24.3 Å². The van der Waals surface area contributed by atoms with Crippen LogP contribution >= 0.6 is 0 Å². The molecule has 4 heteroatoms. The third-order valence-electron chi connectivity index (χ3n) is 5.65. The molecule has 26 heavy (non-hydrogen) atoms. The van der Waals surface area contributed by atoms with Crippen LogP contribution in [0.1, 0.15) is 57.1 Å². The quantitative estimate of drug-likeness (QED) is 0.807. The molecule has 0 bridgehead atoms. The van der Waals surface area contributed by atoms with E-state index in [1.165, 1.54) is 30.6 Å². The summed E-state index contributed by atoms with van der Waals surface area (Å²) in [6.45, 7) is 9.51. The lowest BCUT2D eigenvalue weighted by atomic mass is 9.91. The van der Waals surface area contributed by atoms with Crippen LogP contribution in [-0.4, -0.2) is 36.6 Å². The van der Waals surface area contributed by atoms with Gasteiger partial charge in [-0.1, -0.05) is 38.1 Å². The third-order valence-corrected chi connectivity index (χ3v) is 5.65. The van der Waals surface area contributed by atoms with Gasteiger partial charge in [-0.25, -0.2) is 0 Å². The maximum absolute atomic E-state index is 12.2. The molecule has 3 rings (SSSR count). The number of likely N-dealkylation sites (tertiary alicyclic amines) is 1. The van der Waals surface area contributed by atoms with Crippen LogP contribution in [0.5, 0.6) is 0 Å². The van der Waals surface area contributed by atoms with Crippen molar-refractivity contribution in [1.82, 2.24) is 10.2 Å². The van der Waals surface area contributed by atoms with Crippen molar-refractivity contribution < 1.29 is 9.53 Å². The Hall–Kier alpha value is -1.39. The molecular weight excluding hydrogens is 324 g/mol. The van der Waals surface area contributed by atoms with E-state index in [2.05, 4.69) is 48.3 Å². The number of nitrogens with zero attached hydrogens (tertiary/aromatic N) is 1. The van der Waals surface area contributed by atoms with Gasteiger partial charge in [-0.15, -0.1) is 0 Å². The van der Waals surface area contributed by atoms with Crippen molar-refractivity contribution in [2.45, 2.75) is 65.1 Å². The Balaban J connectivity index is 1.49. The predicted octanol–water partition coefficient (Wildman–Crippen LogP) is 3.74. The third kappa shape index (κ3) is 5.82. The molecule has 2 aliphatic rings. The van der Waals surface area contributed by atoms with Gasteiger partial charge >= 0.3 is 0 Å². The highest BCUT2D eigenvalue weighted by Gasteiger charge is 2.22. The molecule has 2 heterocycles. The molecule has 1 N–H and O–H groups in total. The Morgan fingerprint density at radius 2 is 1.92 bits per heavy atom. The molecule has 3 atom stereocenters. The Kier molecular flexibility index (Phi) is 7.09. The SMILES string of the molecule is C[C@@H]1C[C@@H](C)CN(Cc2ccccc2CNC(=O)CC[C@H]2CCCO2)C1. The van der Waals surface area contributed by atoms with E-state index in [4.69, 9.17) is 4.74 Å². The molecule has 1 aromatic carbocycles. The van der Waals surface area contributed by atoms with E-state index in [0.29, 0.717) is 13.0 Å². The van der Waals surface area contributed by atoms with Crippen LogP contribution in [-0.2, 0) is 22.6 Å². The first-order valence-electron chi connectivity index (χ1n) is 10.3. The highest BCUT2D eigenvalue weighted by Crippen LogP contribution is 2.23. The van der Waals surface area contributed by atoms with Gasteiger partial charge in [0.25, 0.3) is 0 Å². The van der Waals surface area contributed by atoms with Gasteiger partial charge in [0.2, 0.25) is 5.91 Å². The Bertz CT molecular complexity index is 573. The minimum atomic E-state index is 0.135. The summed E-state index contributed by atoms with van der Waals surface area (Å²) in [5.41, 5.74) is 2.58. The number of benzene rings is 1. The lowest BCUT2D eigenvalue weighted by molar-refractivity contribution is -0.121. The molecule has 0 aliphatic carbocycles. The zero-order chi connectivity index (χ0) is 18.4. The second-order valence-corrected chi connectivity index (χ2v) is 8.36. The number of hydrogen-bond donors (Lipinski definition) is 1. The number of piperidine rings is 1. The van der Waals surface area contributed by atoms with Gasteiger partial charge in [-0.2, -0.15) is 0 Å². The van der Waals surface area contributed by atoms with Crippen molar-refractivity contribution in [2.75, 3.05) is 19.7 Å². The average molecular weight is 359 g/mol. The van der Waals surface area contributed by atoms with Gasteiger partial charge in [-0.05, 0) is 48.6 Å². The molecule has 0 saturated carbocycles. The zero-order valence-corrected chi connectivity index (χ0v) is 16.4. The highest BCUT2D eigenvalue weighted by atomic mass is 16.5. The standard InChI is InChI=1S/C22H34N2O2/c1-17-12-18(2)15-24(14-17)16-20-7-4-3-6-19(20)13-23-22(25)10-9-21-8-5-11-26-21/h3-4,6-7,17-18,21H,5,8-16H2,1-2H3,(H,23,25)/t17-,18-,21-/m1/s1. The van der Waals surface area contributed by atoms with Crippen LogP contribution in [0.2, 0.25) is 0 Å². The van der Waals surface area contributed by atoms with Crippen molar-refractivity contribution in [3.05, 3.63) is 35.4 Å². The van der Waals surface area contributed by atoms with E-state index >= 15 is 0 Å². The summed E-state index contributed by atoms with van der Waals surface area (Å²) in [5.74, 6) is 1.67. The Morgan fingerprint density at radius 3 is 2.62 bits per heavy atom. The molecular formula is C22H34N2O2. The minimum Gasteiger partial charge on any atom is -0.378 e. The van der Waals surface area contributed by atoms with Crippen LogP contribution < -0.4 is 5.32 Å². The van der Waals surface area contributed by atoms with E-state index < -0.39 is 0 Å². The number of carbonyl (C=O) groups is 1. The highest BCUT2D eigenvalue weighted by molar-refractivity contribution is 5.75. The predicted molar refractivity (Wildman–Crippen MR) is 105 cm³/mol. The first-order chi connectivity index (χ1) is 12.6. The van der Waals surface area contributed by atoms with E-state index in [9.17, 15) is 4.79 Å². The van der Waals surface area contributed by atoms with Crippen LogP contribution in [0, 0.1) is 11.8 Å². The smallest absolute Gasteiger partial charge is 0.220 e. The molecule has 0 spiro atoms. The number of carbonyl (C=O) groups excluding carboxylic acids is 1. The van der Waals surface area contributed by atoms with Crippen molar-refractivity contribution in [3.63, 3.8) is 0 Å². The maximum Gasteiger partial charge on any atom is 0.220 e. The van der Waals surface area contributed by atoms with E-state index in [1.807, 2.05) is 0 Å². The van der Waals surface area contributed by atoms with E-state index in [1.54, 1.807) is 0 Å². The number of hydrogen-bond acceptors (Lipinski definition) is 3. The lowest BCUT2D eigenvalue weighted by Crippen LogP contribution is -2.38. The van der Waals surface area contributed by atoms with E-state index in [-0.39, 0.29) is 12.0 Å². The zero-order valence-electron chi connectivity index (χ0n) is 16.4. The second kappa shape index (κ2) is 9.52. The number of amides is 1. The molecule has 0 aromatic heterocycles. The van der Waals surface area contributed by atoms with Crippen LogP contribution in [0.3, 0.4) is 0 Å². The Morgan fingerprint density at radius 1 is 1.19 bits per heavy atom. The largest absolute Gasteiger partial charge is 0.378 e. The second-order valence-electron chi connectivity index (χ2n) is 8.36. The summed E-state index contributed by atoms with van der Waals surface area (Å²) >= 11 is 0. The fraction of sp³-hybridized carbons (Fsp3) is 0.682. The number of rotatable bonds is 7. The normalized spacial score (nSPS) is 26.8. The van der Waals surface area contributed by atoms with Gasteiger partial charge in [-0.3, -0.25) is 9.69 Å². The summed E-state index contributed by atoms with van der Waals surface area (Å²) in [7, 11) is 0. The molecule has 1 aromatic rings. The van der Waals surface area contributed by atoms with Gasteiger partial charge < -0.3 is 10.1 Å². The summed E-state index contributed by atoms with van der Waals surface area (Å²) in [6, 6.07) is 8.53. The summed E-state index contributed by atoms with van der Waals surface area (Å²) in [5, 5.41) is 3.11. The topological polar surface area (TPSA) is 41.6 Å². The molecule has 0 radical (unpaired) electrons.